The van der Waals surface area contributed by atoms with Gasteiger partial charge < -0.3 is 0 Å². The van der Waals surface area contributed by atoms with Crippen LogP contribution in [0.25, 0.3) is 0 Å². The summed E-state index contributed by atoms with van der Waals surface area (Å²) >= 11 is 0. The zero-order chi connectivity index (χ0) is 20.0. The van der Waals surface area contributed by atoms with E-state index >= 15 is 0 Å². The molecule has 2 fully saturated rings. The number of carbonyl (C=O) groups excluding carboxylic acids is 2. The van der Waals surface area contributed by atoms with Gasteiger partial charge in [-0.25, -0.2) is 0 Å². The number of hydrogen-bond donors (Lipinski definition) is 0. The first-order valence-electron chi connectivity index (χ1n) is 10.6. The lowest BCUT2D eigenvalue weighted by atomic mass is 9.73. The molecular weight excluding hydrogens is 332 g/mol. The minimum atomic E-state index is 0. The van der Waals surface area contributed by atoms with Crippen molar-refractivity contribution in [1.82, 2.24) is 0 Å². The normalized spacial score (nSPS) is 31.8. The van der Waals surface area contributed by atoms with Crippen molar-refractivity contribution >= 4 is 11.6 Å². The molecule has 0 aromatic carbocycles. The summed E-state index contributed by atoms with van der Waals surface area (Å²) in [6, 6.07) is 0. The van der Waals surface area contributed by atoms with Crippen molar-refractivity contribution in [3.8, 4) is 0 Å². The summed E-state index contributed by atoms with van der Waals surface area (Å²) in [6.07, 6.45) is 8.52. The van der Waals surface area contributed by atoms with Crippen molar-refractivity contribution in [1.29, 1.82) is 0 Å². The number of hydrogen-bond acceptors (Lipinski definition) is 2. The molecule has 2 heteroatoms. The van der Waals surface area contributed by atoms with Crippen molar-refractivity contribution in [2.75, 3.05) is 0 Å². The summed E-state index contributed by atoms with van der Waals surface area (Å²) in [5.41, 5.74) is 2.14. The van der Waals surface area contributed by atoms with Crippen LogP contribution in [0.2, 0.25) is 0 Å². The molecule has 0 aliphatic heterocycles. The zero-order valence-electron chi connectivity index (χ0n) is 18.3. The number of rotatable bonds is 2. The molecule has 0 aromatic rings. The van der Waals surface area contributed by atoms with Crippen molar-refractivity contribution in [3.05, 3.63) is 23.3 Å². The quantitative estimate of drug-likeness (QED) is 0.484. The molecule has 156 valence electrons. The number of allylic oxidation sites excluding steroid dienone is 4. The second-order valence-electron chi connectivity index (χ2n) is 8.87. The van der Waals surface area contributed by atoms with Gasteiger partial charge in [0.05, 0.1) is 0 Å². The van der Waals surface area contributed by atoms with Crippen LogP contribution in [0.15, 0.2) is 23.3 Å². The highest BCUT2D eigenvalue weighted by atomic mass is 16.1. The lowest BCUT2D eigenvalue weighted by Gasteiger charge is -2.30. The third-order valence-corrected chi connectivity index (χ3v) is 6.34. The van der Waals surface area contributed by atoms with Gasteiger partial charge in [0.2, 0.25) is 0 Å². The van der Waals surface area contributed by atoms with Gasteiger partial charge in [-0.1, -0.05) is 61.1 Å². The Labute approximate surface area is 168 Å². The molecule has 0 amide bonds. The van der Waals surface area contributed by atoms with Crippen LogP contribution in [0.4, 0.5) is 0 Å². The maximum Gasteiger partial charge on any atom is 0.162 e. The van der Waals surface area contributed by atoms with Crippen LogP contribution >= 0.6 is 0 Å². The summed E-state index contributed by atoms with van der Waals surface area (Å²) in [7, 11) is 0. The largest absolute Gasteiger partial charge is 0.294 e. The van der Waals surface area contributed by atoms with E-state index in [0.717, 1.165) is 24.0 Å². The number of Topliss-reactive ketones (excluding diaryl/α,β-unsaturated/α-hetero) is 2. The molecule has 27 heavy (non-hydrogen) atoms. The molecule has 0 heterocycles. The van der Waals surface area contributed by atoms with Crippen LogP contribution in [0.1, 0.15) is 88.5 Å². The summed E-state index contributed by atoms with van der Waals surface area (Å²) in [5, 5.41) is 0. The molecule has 2 aliphatic rings. The van der Waals surface area contributed by atoms with Gasteiger partial charge in [-0.05, 0) is 74.3 Å². The SMILES string of the molecule is C.C/C=C1\C(=O)C(C(C)C)CCC1C.C/C=C1\C(=O)C(C)CCC1C(C)C. The lowest BCUT2D eigenvalue weighted by Crippen LogP contribution is -2.29. The van der Waals surface area contributed by atoms with E-state index in [2.05, 4.69) is 34.6 Å². The average Bonchev–Trinajstić information content (AvgIpc) is 2.57. The van der Waals surface area contributed by atoms with Crippen molar-refractivity contribution < 1.29 is 9.59 Å². The molecule has 0 radical (unpaired) electrons. The Morgan fingerprint density at radius 2 is 1.15 bits per heavy atom. The Morgan fingerprint density at radius 1 is 0.704 bits per heavy atom. The van der Waals surface area contributed by atoms with Crippen LogP contribution < -0.4 is 0 Å². The maximum absolute atomic E-state index is 11.9. The van der Waals surface area contributed by atoms with Crippen molar-refractivity contribution in [2.45, 2.75) is 88.5 Å². The van der Waals surface area contributed by atoms with Gasteiger partial charge in [0.15, 0.2) is 11.6 Å². The number of ketones is 2. The molecule has 0 spiro atoms. The highest BCUT2D eigenvalue weighted by molar-refractivity contribution is 5.98. The topological polar surface area (TPSA) is 34.1 Å². The van der Waals surface area contributed by atoms with E-state index < -0.39 is 0 Å². The minimum Gasteiger partial charge on any atom is -0.294 e. The van der Waals surface area contributed by atoms with E-state index in [1.165, 1.54) is 12.8 Å². The Kier molecular flexibility index (Phi) is 11.1. The molecular formula is C25H44O2. The van der Waals surface area contributed by atoms with E-state index in [-0.39, 0.29) is 19.3 Å². The standard InChI is InChI=1S/2C12H20O.CH4/c1-5-10-11(8(2)3)7-6-9(4)12(10)13;1-5-10-9(4)6-7-11(8(2)3)12(10)13;/h2*5,8-9,11H,6-7H2,1-4H3;1H4/b2*10-5-;. The smallest absolute Gasteiger partial charge is 0.162 e. The van der Waals surface area contributed by atoms with Crippen LogP contribution in [-0.4, -0.2) is 11.6 Å². The van der Waals surface area contributed by atoms with E-state index in [1.54, 1.807) is 0 Å². The Morgan fingerprint density at radius 3 is 1.59 bits per heavy atom. The summed E-state index contributed by atoms with van der Waals surface area (Å²) in [6.45, 7) is 16.9. The highest BCUT2D eigenvalue weighted by Gasteiger charge is 2.32. The Bertz CT molecular complexity index is 551. The fourth-order valence-corrected chi connectivity index (χ4v) is 4.47. The molecule has 2 saturated carbocycles. The number of carbonyl (C=O) groups is 2. The maximum atomic E-state index is 11.9. The van der Waals surface area contributed by atoms with Gasteiger partial charge in [-0.15, -0.1) is 0 Å². The first-order chi connectivity index (χ1) is 12.1. The van der Waals surface area contributed by atoms with Crippen molar-refractivity contribution in [2.24, 2.45) is 35.5 Å². The Hall–Kier alpha value is -1.18. The van der Waals surface area contributed by atoms with Gasteiger partial charge >= 0.3 is 0 Å². The molecule has 2 nitrogen and oxygen atoms in total. The average molecular weight is 377 g/mol. The fraction of sp³-hybridized carbons (Fsp3) is 0.760. The van der Waals surface area contributed by atoms with Gasteiger partial charge in [-0.3, -0.25) is 9.59 Å². The molecule has 2 rings (SSSR count). The predicted molar refractivity (Wildman–Crippen MR) is 118 cm³/mol. The molecule has 0 bridgehead atoms. The molecule has 0 aromatic heterocycles. The monoisotopic (exact) mass is 376 g/mol. The van der Waals surface area contributed by atoms with E-state index in [0.29, 0.717) is 35.2 Å². The predicted octanol–water partition coefficient (Wildman–Crippen LogP) is 7.04. The second-order valence-corrected chi connectivity index (χ2v) is 8.87. The lowest BCUT2D eigenvalue weighted by molar-refractivity contribution is -0.122. The van der Waals surface area contributed by atoms with Crippen LogP contribution in [0.5, 0.6) is 0 Å². The van der Waals surface area contributed by atoms with E-state index in [1.807, 2.05) is 32.9 Å². The summed E-state index contributed by atoms with van der Waals surface area (Å²) in [4.78, 5) is 23.7. The first kappa shape index (κ1) is 25.8. The van der Waals surface area contributed by atoms with Crippen LogP contribution in [0.3, 0.4) is 0 Å². The van der Waals surface area contributed by atoms with Gasteiger partial charge in [-0.2, -0.15) is 0 Å². The minimum absolute atomic E-state index is 0. The second kappa shape index (κ2) is 11.6. The van der Waals surface area contributed by atoms with Gasteiger partial charge in [0, 0.05) is 11.8 Å². The Balaban J connectivity index is 0.000000483. The third-order valence-electron chi connectivity index (χ3n) is 6.34. The fourth-order valence-electron chi connectivity index (χ4n) is 4.47. The van der Waals surface area contributed by atoms with E-state index in [9.17, 15) is 9.59 Å². The van der Waals surface area contributed by atoms with Crippen LogP contribution in [-0.2, 0) is 9.59 Å². The molecule has 0 N–H and O–H groups in total. The molecule has 4 atom stereocenters. The van der Waals surface area contributed by atoms with Crippen molar-refractivity contribution in [3.63, 3.8) is 0 Å². The van der Waals surface area contributed by atoms with Gasteiger partial charge in [0.25, 0.3) is 0 Å². The molecule has 0 saturated heterocycles. The first-order valence-corrected chi connectivity index (χ1v) is 10.6. The summed E-state index contributed by atoms with van der Waals surface area (Å²) in [5.74, 6) is 3.39. The third kappa shape index (κ3) is 6.43. The zero-order valence-corrected chi connectivity index (χ0v) is 18.3. The molecule has 2 aliphatic carbocycles. The van der Waals surface area contributed by atoms with Crippen LogP contribution in [0, 0.1) is 35.5 Å². The summed E-state index contributed by atoms with van der Waals surface area (Å²) < 4.78 is 0. The molecule has 4 unspecified atom stereocenters. The van der Waals surface area contributed by atoms with Gasteiger partial charge in [0.1, 0.15) is 0 Å². The highest BCUT2D eigenvalue weighted by Crippen LogP contribution is 2.35. The van der Waals surface area contributed by atoms with E-state index in [4.69, 9.17) is 0 Å².